The van der Waals surface area contributed by atoms with Crippen LogP contribution in [0.3, 0.4) is 0 Å². The second kappa shape index (κ2) is 12.1. The monoisotopic (exact) mass is 643 g/mol. The molecule has 192 valence electrons. The largest absolute Gasteiger partial charge is 0.490 e. The Balaban J connectivity index is 1.55. The number of rotatable bonds is 8. The maximum atomic E-state index is 13.4. The highest BCUT2D eigenvalue weighted by Gasteiger charge is 2.35. The van der Waals surface area contributed by atoms with Crippen LogP contribution in [-0.4, -0.2) is 22.7 Å². The maximum Gasteiger partial charge on any atom is 0.293 e. The van der Waals surface area contributed by atoms with E-state index in [9.17, 15) is 14.0 Å². The van der Waals surface area contributed by atoms with Gasteiger partial charge < -0.3 is 9.47 Å². The Morgan fingerprint density at radius 3 is 2.49 bits per heavy atom. The van der Waals surface area contributed by atoms with E-state index in [1.807, 2.05) is 13.0 Å². The second-order valence-electron chi connectivity index (χ2n) is 7.80. The topological polar surface area (TPSA) is 55.8 Å². The van der Waals surface area contributed by atoms with Crippen molar-refractivity contribution in [2.45, 2.75) is 20.1 Å². The van der Waals surface area contributed by atoms with Crippen LogP contribution in [0.25, 0.3) is 6.08 Å². The number of hydrogen-bond acceptors (Lipinski definition) is 5. The van der Waals surface area contributed by atoms with Crippen LogP contribution in [-0.2, 0) is 17.9 Å². The van der Waals surface area contributed by atoms with Gasteiger partial charge in [-0.25, -0.2) is 4.39 Å². The van der Waals surface area contributed by atoms with Crippen LogP contribution < -0.4 is 9.47 Å². The van der Waals surface area contributed by atoms with Crippen LogP contribution in [0.2, 0.25) is 15.1 Å². The molecule has 11 heteroatoms. The molecule has 5 nitrogen and oxygen atoms in total. The average molecular weight is 646 g/mol. The number of hydrogen-bond donors (Lipinski definition) is 0. The van der Waals surface area contributed by atoms with E-state index >= 15 is 0 Å². The molecule has 0 saturated carbocycles. The molecule has 0 atom stereocenters. The predicted octanol–water partition coefficient (Wildman–Crippen LogP) is 8.76. The van der Waals surface area contributed by atoms with Crippen molar-refractivity contribution >= 4 is 79.7 Å². The van der Waals surface area contributed by atoms with Gasteiger partial charge in [0.2, 0.25) is 0 Å². The first-order valence-corrected chi connectivity index (χ1v) is 13.6. The zero-order valence-electron chi connectivity index (χ0n) is 19.2. The smallest absolute Gasteiger partial charge is 0.293 e. The van der Waals surface area contributed by atoms with Crippen molar-refractivity contribution in [3.63, 3.8) is 0 Å². The maximum absolute atomic E-state index is 13.4. The summed E-state index contributed by atoms with van der Waals surface area (Å²) in [5.41, 5.74) is 1.92. The Morgan fingerprint density at radius 2 is 1.78 bits per heavy atom. The van der Waals surface area contributed by atoms with Gasteiger partial charge in [-0.05, 0) is 93.8 Å². The van der Waals surface area contributed by atoms with Crippen LogP contribution in [0.5, 0.6) is 11.5 Å². The summed E-state index contributed by atoms with van der Waals surface area (Å²) in [4.78, 5) is 26.9. The molecule has 4 rings (SSSR count). The molecule has 3 aromatic carbocycles. The first kappa shape index (κ1) is 27.8. The van der Waals surface area contributed by atoms with Gasteiger partial charge in [0, 0.05) is 5.02 Å². The number of carbonyl (C=O) groups is 2. The molecule has 0 radical (unpaired) electrons. The predicted molar refractivity (Wildman–Crippen MR) is 149 cm³/mol. The third kappa shape index (κ3) is 6.62. The van der Waals surface area contributed by atoms with Gasteiger partial charge in [-0.1, -0.05) is 46.9 Å². The number of amides is 2. The zero-order chi connectivity index (χ0) is 26.7. The van der Waals surface area contributed by atoms with E-state index in [1.165, 1.54) is 12.1 Å². The zero-order valence-corrected chi connectivity index (χ0v) is 23.9. The Bertz CT molecular complexity index is 1420. The van der Waals surface area contributed by atoms with Crippen molar-refractivity contribution < 1.29 is 23.5 Å². The molecule has 3 aromatic rings. The van der Waals surface area contributed by atoms with Crippen LogP contribution in [0, 0.1) is 5.82 Å². The highest BCUT2D eigenvalue weighted by atomic mass is 79.9. The summed E-state index contributed by atoms with van der Waals surface area (Å²) >= 11 is 22.5. The summed E-state index contributed by atoms with van der Waals surface area (Å²) in [6.45, 7) is 2.39. The SMILES string of the molecule is CCOc1cc(/C=C2/SC(=O)N(Cc3ccc(F)cc3Cl)C2=O)cc(Br)c1OCc1ccc(Cl)c(Cl)c1. The molecule has 0 unspecified atom stereocenters. The van der Waals surface area contributed by atoms with Gasteiger partial charge >= 0.3 is 0 Å². The third-order valence-corrected chi connectivity index (χ3v) is 7.80. The molecular weight excluding hydrogens is 628 g/mol. The Hall–Kier alpha value is -2.23. The van der Waals surface area contributed by atoms with Gasteiger partial charge in [-0.2, -0.15) is 0 Å². The number of benzene rings is 3. The molecule has 1 fully saturated rings. The fourth-order valence-corrected chi connectivity index (χ4v) is 5.43. The Kier molecular flexibility index (Phi) is 9.08. The highest BCUT2D eigenvalue weighted by molar-refractivity contribution is 9.10. The number of halogens is 5. The Morgan fingerprint density at radius 1 is 1.00 bits per heavy atom. The lowest BCUT2D eigenvalue weighted by atomic mass is 10.1. The molecule has 0 aliphatic carbocycles. The highest BCUT2D eigenvalue weighted by Crippen LogP contribution is 2.40. The van der Waals surface area contributed by atoms with E-state index < -0.39 is 17.0 Å². The van der Waals surface area contributed by atoms with Gasteiger partial charge in [-0.3, -0.25) is 14.5 Å². The van der Waals surface area contributed by atoms with Crippen molar-refractivity contribution in [2.75, 3.05) is 6.61 Å². The lowest BCUT2D eigenvalue weighted by molar-refractivity contribution is -0.123. The molecule has 1 aliphatic heterocycles. The van der Waals surface area contributed by atoms with Gasteiger partial charge in [0.1, 0.15) is 12.4 Å². The molecular formula is C26H18BrCl3FNO4S. The standard InChI is InChI=1S/C26H18BrCl3FNO4S/c1-2-35-22-9-15(7-18(27)24(22)36-13-14-3-6-19(28)21(30)8-14)10-23-25(33)32(26(34)37-23)12-16-4-5-17(31)11-20(16)29/h3-11H,2,12-13H2,1H3/b23-10+. The van der Waals surface area contributed by atoms with Gasteiger partial charge in [0.25, 0.3) is 11.1 Å². The molecule has 2 amide bonds. The lowest BCUT2D eigenvalue weighted by Crippen LogP contribution is -2.27. The lowest BCUT2D eigenvalue weighted by Gasteiger charge is -2.15. The summed E-state index contributed by atoms with van der Waals surface area (Å²) in [5, 5.41) is 0.584. The van der Waals surface area contributed by atoms with Gasteiger partial charge in [0.05, 0.1) is 32.6 Å². The molecule has 37 heavy (non-hydrogen) atoms. The molecule has 1 aliphatic rings. The fourth-order valence-electron chi connectivity index (χ4n) is 3.47. The minimum absolute atomic E-state index is 0.0590. The molecule has 1 heterocycles. The number of imide groups is 1. The number of nitrogens with zero attached hydrogens (tertiary/aromatic N) is 1. The summed E-state index contributed by atoms with van der Waals surface area (Å²) in [6, 6.07) is 12.5. The van der Waals surface area contributed by atoms with E-state index in [-0.39, 0.29) is 23.1 Å². The molecule has 0 spiro atoms. The molecule has 0 aromatic heterocycles. The minimum atomic E-state index is -0.497. The van der Waals surface area contributed by atoms with Crippen LogP contribution in [0.4, 0.5) is 9.18 Å². The first-order valence-electron chi connectivity index (χ1n) is 10.9. The average Bonchev–Trinajstić information content (AvgIpc) is 3.09. The van der Waals surface area contributed by atoms with Crippen molar-refractivity contribution in [1.29, 1.82) is 0 Å². The van der Waals surface area contributed by atoms with Crippen molar-refractivity contribution in [2.24, 2.45) is 0 Å². The van der Waals surface area contributed by atoms with E-state index in [2.05, 4.69) is 15.9 Å². The number of ether oxygens (including phenoxy) is 2. The normalized spacial score (nSPS) is 14.5. The van der Waals surface area contributed by atoms with Crippen molar-refractivity contribution in [3.05, 3.63) is 95.5 Å². The van der Waals surface area contributed by atoms with Crippen LogP contribution >= 0.6 is 62.5 Å². The third-order valence-electron chi connectivity index (χ3n) is 5.21. The van der Waals surface area contributed by atoms with E-state index in [4.69, 9.17) is 44.3 Å². The van der Waals surface area contributed by atoms with Crippen LogP contribution in [0.15, 0.2) is 57.9 Å². The van der Waals surface area contributed by atoms with Gasteiger partial charge in [-0.15, -0.1) is 0 Å². The second-order valence-corrected chi connectivity index (χ2v) is 10.9. The minimum Gasteiger partial charge on any atom is -0.490 e. The number of thioether (sulfide) groups is 1. The van der Waals surface area contributed by atoms with E-state index in [0.717, 1.165) is 28.3 Å². The van der Waals surface area contributed by atoms with Crippen molar-refractivity contribution in [1.82, 2.24) is 4.90 Å². The summed E-state index contributed by atoms with van der Waals surface area (Å²) in [7, 11) is 0. The molecule has 1 saturated heterocycles. The van der Waals surface area contributed by atoms with Gasteiger partial charge in [0.15, 0.2) is 11.5 Å². The van der Waals surface area contributed by atoms with Crippen molar-refractivity contribution in [3.8, 4) is 11.5 Å². The first-order chi connectivity index (χ1) is 17.7. The number of carbonyl (C=O) groups excluding carboxylic acids is 2. The summed E-state index contributed by atoms with van der Waals surface area (Å²) < 4.78 is 25.7. The van der Waals surface area contributed by atoms with E-state index in [1.54, 1.807) is 30.3 Å². The molecule has 0 bridgehead atoms. The summed E-state index contributed by atoms with van der Waals surface area (Å²) in [6.07, 6.45) is 1.60. The molecule has 0 N–H and O–H groups in total. The summed E-state index contributed by atoms with van der Waals surface area (Å²) in [5.74, 6) is -0.0306. The van der Waals surface area contributed by atoms with Crippen LogP contribution in [0.1, 0.15) is 23.6 Å². The fraction of sp³-hybridized carbons (Fsp3) is 0.154. The Labute approximate surface area is 240 Å². The quantitative estimate of drug-likeness (QED) is 0.229. The van der Waals surface area contributed by atoms with E-state index in [0.29, 0.717) is 43.8 Å².